The Bertz CT molecular complexity index is 466. The van der Waals surface area contributed by atoms with Crippen LogP contribution in [0.3, 0.4) is 0 Å². The van der Waals surface area contributed by atoms with Gasteiger partial charge in [0.15, 0.2) is 0 Å². The van der Waals surface area contributed by atoms with Gasteiger partial charge in [-0.05, 0) is 37.5 Å². The summed E-state index contributed by atoms with van der Waals surface area (Å²) in [6, 6.07) is 7.31. The smallest absolute Gasteiger partial charge is 0.337 e. The Morgan fingerprint density at radius 2 is 2.06 bits per heavy atom. The zero-order chi connectivity index (χ0) is 13.2. The molecule has 18 heavy (non-hydrogen) atoms. The summed E-state index contributed by atoms with van der Waals surface area (Å²) in [6.07, 6.45) is 2.22. The van der Waals surface area contributed by atoms with E-state index in [9.17, 15) is 9.59 Å². The van der Waals surface area contributed by atoms with E-state index in [2.05, 4.69) is 10.1 Å². The predicted octanol–water partition coefficient (Wildman–Crippen LogP) is 1.68. The molecule has 1 aliphatic rings. The van der Waals surface area contributed by atoms with E-state index in [4.69, 9.17) is 0 Å². The number of esters is 1. The maximum absolute atomic E-state index is 11.3. The van der Waals surface area contributed by atoms with Crippen molar-refractivity contribution in [1.82, 2.24) is 5.32 Å². The molecule has 1 heterocycles. The van der Waals surface area contributed by atoms with Gasteiger partial charge in [-0.1, -0.05) is 12.1 Å². The minimum Gasteiger partial charge on any atom is -0.465 e. The van der Waals surface area contributed by atoms with E-state index >= 15 is 0 Å². The molecular formula is C14H17NO3. The summed E-state index contributed by atoms with van der Waals surface area (Å²) in [5.41, 5.74) is 1.48. The van der Waals surface area contributed by atoms with Gasteiger partial charge >= 0.3 is 5.97 Å². The van der Waals surface area contributed by atoms with Crippen molar-refractivity contribution in [2.75, 3.05) is 7.11 Å². The fraction of sp³-hybridized carbons (Fsp3) is 0.429. The third-order valence-corrected chi connectivity index (χ3v) is 3.31. The molecule has 0 aliphatic carbocycles. The number of ether oxygens (including phenoxy) is 1. The highest BCUT2D eigenvalue weighted by Crippen LogP contribution is 2.24. The summed E-state index contributed by atoms with van der Waals surface area (Å²) in [7, 11) is 1.37. The standard InChI is InChI=1S/C14H17NO3/c1-14(8-7-12(16)15-14)9-10-3-5-11(6-4-10)13(17)18-2/h3-6H,7-9H2,1-2H3,(H,15,16). The van der Waals surface area contributed by atoms with Crippen molar-refractivity contribution in [3.8, 4) is 0 Å². The molecule has 1 aliphatic heterocycles. The molecule has 1 fully saturated rings. The van der Waals surface area contributed by atoms with Gasteiger partial charge in [0.2, 0.25) is 5.91 Å². The predicted molar refractivity (Wildman–Crippen MR) is 67.3 cm³/mol. The molecule has 96 valence electrons. The molecule has 4 nitrogen and oxygen atoms in total. The zero-order valence-corrected chi connectivity index (χ0v) is 10.7. The van der Waals surface area contributed by atoms with Crippen molar-refractivity contribution < 1.29 is 14.3 Å². The van der Waals surface area contributed by atoms with Crippen LogP contribution < -0.4 is 5.32 Å². The Balaban J connectivity index is 2.07. The fourth-order valence-corrected chi connectivity index (χ4v) is 2.31. The van der Waals surface area contributed by atoms with Crippen molar-refractivity contribution in [2.24, 2.45) is 0 Å². The van der Waals surface area contributed by atoms with Crippen LogP contribution in [0.15, 0.2) is 24.3 Å². The van der Waals surface area contributed by atoms with Gasteiger partial charge in [0.25, 0.3) is 0 Å². The van der Waals surface area contributed by atoms with Crippen molar-refractivity contribution in [3.63, 3.8) is 0 Å². The number of amides is 1. The second-order valence-electron chi connectivity index (χ2n) is 4.97. The third-order valence-electron chi connectivity index (χ3n) is 3.31. The SMILES string of the molecule is COC(=O)c1ccc(CC2(C)CCC(=O)N2)cc1. The summed E-state index contributed by atoms with van der Waals surface area (Å²) in [5, 5.41) is 3.00. The molecule has 0 radical (unpaired) electrons. The minimum atomic E-state index is -0.332. The lowest BCUT2D eigenvalue weighted by Gasteiger charge is -2.23. The topological polar surface area (TPSA) is 55.4 Å². The molecule has 0 bridgehead atoms. The number of nitrogens with one attached hydrogen (secondary N) is 1. The molecule has 0 aromatic heterocycles. The van der Waals surface area contributed by atoms with Crippen molar-refractivity contribution >= 4 is 11.9 Å². The van der Waals surface area contributed by atoms with Gasteiger partial charge in [0.05, 0.1) is 12.7 Å². The van der Waals surface area contributed by atoms with Crippen LogP contribution in [0.2, 0.25) is 0 Å². The maximum Gasteiger partial charge on any atom is 0.337 e. The first kappa shape index (κ1) is 12.6. The van der Waals surface area contributed by atoms with E-state index in [-0.39, 0.29) is 17.4 Å². The van der Waals surface area contributed by atoms with Crippen LogP contribution in [0.25, 0.3) is 0 Å². The Labute approximate surface area is 106 Å². The Hall–Kier alpha value is -1.84. The van der Waals surface area contributed by atoms with Crippen LogP contribution in [0.4, 0.5) is 0 Å². The van der Waals surface area contributed by atoms with Crippen LogP contribution >= 0.6 is 0 Å². The number of methoxy groups -OCH3 is 1. The van der Waals surface area contributed by atoms with Gasteiger partial charge in [-0.3, -0.25) is 4.79 Å². The Morgan fingerprint density at radius 3 is 2.56 bits per heavy atom. The molecule has 1 amide bonds. The van der Waals surface area contributed by atoms with E-state index in [1.807, 2.05) is 19.1 Å². The van der Waals surface area contributed by atoms with Gasteiger partial charge in [0, 0.05) is 12.0 Å². The van der Waals surface area contributed by atoms with E-state index in [1.165, 1.54) is 7.11 Å². The van der Waals surface area contributed by atoms with E-state index in [1.54, 1.807) is 12.1 Å². The first-order chi connectivity index (χ1) is 8.52. The molecule has 4 heteroatoms. The van der Waals surface area contributed by atoms with E-state index in [0.717, 1.165) is 18.4 Å². The van der Waals surface area contributed by atoms with Gasteiger partial charge in [-0.15, -0.1) is 0 Å². The van der Waals surface area contributed by atoms with E-state index < -0.39 is 0 Å². The lowest BCUT2D eigenvalue weighted by Crippen LogP contribution is -2.40. The van der Waals surface area contributed by atoms with Crippen LogP contribution in [-0.4, -0.2) is 24.5 Å². The second-order valence-corrected chi connectivity index (χ2v) is 4.97. The molecule has 0 spiro atoms. The fourth-order valence-electron chi connectivity index (χ4n) is 2.31. The average Bonchev–Trinajstić information content (AvgIpc) is 2.69. The van der Waals surface area contributed by atoms with Crippen LogP contribution in [0.5, 0.6) is 0 Å². The molecule has 1 aromatic carbocycles. The minimum absolute atomic E-state index is 0.115. The monoisotopic (exact) mass is 247 g/mol. The molecule has 1 unspecified atom stereocenters. The molecule has 1 saturated heterocycles. The summed E-state index contributed by atoms with van der Waals surface area (Å²) in [4.78, 5) is 22.6. The van der Waals surface area contributed by atoms with E-state index in [0.29, 0.717) is 12.0 Å². The average molecular weight is 247 g/mol. The number of hydrogen-bond donors (Lipinski definition) is 1. The first-order valence-electron chi connectivity index (χ1n) is 6.01. The Morgan fingerprint density at radius 1 is 1.39 bits per heavy atom. The molecule has 1 atom stereocenters. The van der Waals surface area contributed by atoms with Crippen molar-refractivity contribution in [3.05, 3.63) is 35.4 Å². The highest BCUT2D eigenvalue weighted by molar-refractivity contribution is 5.89. The number of carbonyl (C=O) groups excluding carboxylic acids is 2. The second kappa shape index (κ2) is 4.80. The largest absolute Gasteiger partial charge is 0.465 e. The zero-order valence-electron chi connectivity index (χ0n) is 10.7. The van der Waals surface area contributed by atoms with Gasteiger partial charge in [-0.25, -0.2) is 4.79 Å². The quantitative estimate of drug-likeness (QED) is 0.827. The normalized spacial score (nSPS) is 22.7. The number of rotatable bonds is 3. The lowest BCUT2D eigenvalue weighted by atomic mass is 9.91. The van der Waals surface area contributed by atoms with Crippen LogP contribution in [0, 0.1) is 0 Å². The number of hydrogen-bond acceptors (Lipinski definition) is 3. The molecule has 2 rings (SSSR count). The highest BCUT2D eigenvalue weighted by Gasteiger charge is 2.32. The first-order valence-corrected chi connectivity index (χ1v) is 6.01. The maximum atomic E-state index is 11.3. The van der Waals surface area contributed by atoms with Crippen LogP contribution in [-0.2, 0) is 16.0 Å². The summed E-state index contributed by atoms with van der Waals surface area (Å²) in [6.45, 7) is 2.05. The third kappa shape index (κ3) is 2.70. The number of benzene rings is 1. The molecule has 1 N–H and O–H groups in total. The van der Waals surface area contributed by atoms with Gasteiger partial charge in [-0.2, -0.15) is 0 Å². The van der Waals surface area contributed by atoms with Crippen molar-refractivity contribution in [2.45, 2.75) is 31.7 Å². The summed E-state index contributed by atoms with van der Waals surface area (Å²) in [5.74, 6) is -0.217. The highest BCUT2D eigenvalue weighted by atomic mass is 16.5. The van der Waals surface area contributed by atoms with Crippen LogP contribution in [0.1, 0.15) is 35.7 Å². The molecule has 1 aromatic rings. The lowest BCUT2D eigenvalue weighted by molar-refractivity contribution is -0.119. The van der Waals surface area contributed by atoms with Gasteiger partial charge < -0.3 is 10.1 Å². The molecular weight excluding hydrogens is 230 g/mol. The summed E-state index contributed by atoms with van der Waals surface area (Å²) >= 11 is 0. The summed E-state index contributed by atoms with van der Waals surface area (Å²) < 4.78 is 4.65. The molecule has 0 saturated carbocycles. The van der Waals surface area contributed by atoms with Gasteiger partial charge in [0.1, 0.15) is 0 Å². The Kier molecular flexibility index (Phi) is 3.36. The van der Waals surface area contributed by atoms with Crippen molar-refractivity contribution in [1.29, 1.82) is 0 Å². The number of carbonyl (C=O) groups is 2.